The molecule has 0 saturated heterocycles. The molecule has 0 heterocycles. The zero-order chi connectivity index (χ0) is 11.4. The molecule has 0 unspecified atom stereocenters. The topological polar surface area (TPSA) is 20.2 Å². The fourth-order valence-corrected chi connectivity index (χ4v) is 1.72. The maximum Gasteiger partial charge on any atom is 0.123 e. The van der Waals surface area contributed by atoms with Gasteiger partial charge in [-0.2, -0.15) is 12.6 Å². The monoisotopic (exact) mass is 228 g/mol. The Bertz CT molecular complexity index is 564. The van der Waals surface area contributed by atoms with Crippen molar-refractivity contribution >= 4 is 23.4 Å². The summed E-state index contributed by atoms with van der Waals surface area (Å²) < 4.78 is 0. The molecule has 0 saturated carbocycles. The molecule has 1 nitrogen and oxygen atoms in total. The van der Waals surface area contributed by atoms with E-state index in [1.165, 1.54) is 0 Å². The highest BCUT2D eigenvalue weighted by Gasteiger charge is 2.01. The van der Waals surface area contributed by atoms with Gasteiger partial charge in [0.2, 0.25) is 0 Å². The van der Waals surface area contributed by atoms with Crippen LogP contribution in [0.15, 0.2) is 36.4 Å². The minimum atomic E-state index is 0.301. The second kappa shape index (κ2) is 4.96. The summed E-state index contributed by atoms with van der Waals surface area (Å²) in [4.78, 5) is 0. The van der Waals surface area contributed by atoms with Crippen molar-refractivity contribution < 1.29 is 5.11 Å². The summed E-state index contributed by atoms with van der Waals surface area (Å²) in [5, 5.41) is 11.5. The minimum absolute atomic E-state index is 0.301. The van der Waals surface area contributed by atoms with Gasteiger partial charge < -0.3 is 5.11 Å². The maximum atomic E-state index is 9.71. The van der Waals surface area contributed by atoms with E-state index in [0.717, 1.165) is 28.5 Å². The Morgan fingerprint density at radius 2 is 1.81 bits per heavy atom. The first kappa shape index (κ1) is 10.9. The highest BCUT2D eigenvalue weighted by molar-refractivity contribution is 7.80. The molecule has 0 fully saturated rings. The number of hydrogen-bond acceptors (Lipinski definition) is 2. The molecular formula is C14H12OS. The van der Waals surface area contributed by atoms with Crippen molar-refractivity contribution in [2.24, 2.45) is 0 Å². The quantitative estimate of drug-likeness (QED) is 0.567. The number of aromatic hydroxyl groups is 1. The zero-order valence-corrected chi connectivity index (χ0v) is 9.67. The lowest BCUT2D eigenvalue weighted by Crippen LogP contribution is -1.80. The molecule has 0 aliphatic carbocycles. The molecule has 0 bridgehead atoms. The van der Waals surface area contributed by atoms with E-state index in [1.54, 1.807) is 6.07 Å². The van der Waals surface area contributed by atoms with Crippen LogP contribution < -0.4 is 0 Å². The second-order valence-corrected chi connectivity index (χ2v) is 3.90. The third-order valence-electron chi connectivity index (χ3n) is 2.36. The number of thiol groups is 1. The van der Waals surface area contributed by atoms with E-state index in [0.29, 0.717) is 5.75 Å². The molecule has 16 heavy (non-hydrogen) atoms. The van der Waals surface area contributed by atoms with Crippen LogP contribution in [0.4, 0.5) is 0 Å². The van der Waals surface area contributed by atoms with Gasteiger partial charge in [-0.3, -0.25) is 0 Å². The normalized spacial score (nSPS) is 9.81. The molecule has 2 rings (SSSR count). The van der Waals surface area contributed by atoms with E-state index >= 15 is 0 Å². The van der Waals surface area contributed by atoms with E-state index in [9.17, 15) is 5.11 Å². The SMILES string of the molecule is Oc1ccc(C#CCCS)c2ccccc12. The van der Waals surface area contributed by atoms with Crippen molar-refractivity contribution in [3.63, 3.8) is 0 Å². The summed E-state index contributed by atoms with van der Waals surface area (Å²) in [5.74, 6) is 7.23. The van der Waals surface area contributed by atoms with Crippen LogP contribution in [0, 0.1) is 11.8 Å². The van der Waals surface area contributed by atoms with Gasteiger partial charge in [0.1, 0.15) is 5.75 Å². The number of fused-ring (bicyclic) bond motifs is 1. The first-order chi connectivity index (χ1) is 7.83. The fourth-order valence-electron chi connectivity index (χ4n) is 1.61. The minimum Gasteiger partial charge on any atom is -0.507 e. The van der Waals surface area contributed by atoms with Gasteiger partial charge in [0.05, 0.1) is 0 Å². The van der Waals surface area contributed by atoms with Crippen molar-refractivity contribution in [1.82, 2.24) is 0 Å². The summed E-state index contributed by atoms with van der Waals surface area (Å²) in [7, 11) is 0. The van der Waals surface area contributed by atoms with Crippen LogP contribution in [0.25, 0.3) is 10.8 Å². The Morgan fingerprint density at radius 3 is 2.56 bits per heavy atom. The number of phenolic OH excluding ortho intramolecular Hbond substituents is 1. The highest BCUT2D eigenvalue weighted by Crippen LogP contribution is 2.26. The first-order valence-corrected chi connectivity index (χ1v) is 5.76. The van der Waals surface area contributed by atoms with Gasteiger partial charge in [-0.15, -0.1) is 0 Å². The summed E-state index contributed by atoms with van der Waals surface area (Å²) >= 11 is 4.11. The third kappa shape index (κ3) is 2.15. The smallest absolute Gasteiger partial charge is 0.123 e. The second-order valence-electron chi connectivity index (χ2n) is 3.45. The van der Waals surface area contributed by atoms with E-state index in [2.05, 4.69) is 24.5 Å². The molecule has 0 radical (unpaired) electrons. The zero-order valence-electron chi connectivity index (χ0n) is 8.77. The van der Waals surface area contributed by atoms with E-state index in [1.807, 2.05) is 30.3 Å². The van der Waals surface area contributed by atoms with Gasteiger partial charge in [0.15, 0.2) is 0 Å². The molecule has 2 aromatic rings. The van der Waals surface area contributed by atoms with Gasteiger partial charge in [0.25, 0.3) is 0 Å². The lowest BCUT2D eigenvalue weighted by atomic mass is 10.0. The molecule has 0 atom stereocenters. The van der Waals surface area contributed by atoms with Crippen molar-refractivity contribution in [2.75, 3.05) is 5.75 Å². The predicted octanol–water partition coefficient (Wildman–Crippen LogP) is 3.22. The standard InChI is InChI=1S/C14H12OS/c15-14-9-8-11(5-3-4-10-16)12-6-1-2-7-13(12)14/h1-2,6-9,15-16H,4,10H2. The molecule has 2 heteroatoms. The number of benzene rings is 2. The van der Waals surface area contributed by atoms with Gasteiger partial charge in [-0.05, 0) is 12.1 Å². The van der Waals surface area contributed by atoms with Crippen LogP contribution in [0.1, 0.15) is 12.0 Å². The van der Waals surface area contributed by atoms with E-state index in [4.69, 9.17) is 0 Å². The average Bonchev–Trinajstić information content (AvgIpc) is 2.33. The fraction of sp³-hybridized carbons (Fsp3) is 0.143. The van der Waals surface area contributed by atoms with Gasteiger partial charge >= 0.3 is 0 Å². The maximum absolute atomic E-state index is 9.71. The van der Waals surface area contributed by atoms with Crippen LogP contribution in [-0.4, -0.2) is 10.9 Å². The first-order valence-electron chi connectivity index (χ1n) is 5.13. The van der Waals surface area contributed by atoms with Crippen LogP contribution >= 0.6 is 12.6 Å². The Labute approximate surface area is 101 Å². The molecule has 80 valence electrons. The number of phenols is 1. The number of hydrogen-bond donors (Lipinski definition) is 2. The Hall–Kier alpha value is -1.59. The highest BCUT2D eigenvalue weighted by atomic mass is 32.1. The van der Waals surface area contributed by atoms with Crippen LogP contribution in [0.5, 0.6) is 5.75 Å². The molecule has 0 amide bonds. The molecule has 1 N–H and O–H groups in total. The number of rotatable bonds is 1. The predicted molar refractivity (Wildman–Crippen MR) is 71.0 cm³/mol. The molecule has 0 aliphatic rings. The molecule has 2 aromatic carbocycles. The summed E-state index contributed by atoms with van der Waals surface area (Å²) in [6.07, 6.45) is 0.776. The van der Waals surface area contributed by atoms with Gasteiger partial charge in [0, 0.05) is 28.5 Å². The lowest BCUT2D eigenvalue weighted by molar-refractivity contribution is 0.481. The Balaban J connectivity index is 2.56. The summed E-state index contributed by atoms with van der Waals surface area (Å²) in [6, 6.07) is 11.3. The van der Waals surface area contributed by atoms with Gasteiger partial charge in [-0.25, -0.2) is 0 Å². The molecule has 0 aliphatic heterocycles. The molecular weight excluding hydrogens is 216 g/mol. The van der Waals surface area contributed by atoms with Crippen LogP contribution in [0.3, 0.4) is 0 Å². The van der Waals surface area contributed by atoms with Crippen LogP contribution in [0.2, 0.25) is 0 Å². The Kier molecular flexibility index (Phi) is 3.38. The van der Waals surface area contributed by atoms with Crippen molar-refractivity contribution in [3.8, 4) is 17.6 Å². The largest absolute Gasteiger partial charge is 0.507 e. The molecule has 0 spiro atoms. The Morgan fingerprint density at radius 1 is 1.06 bits per heavy atom. The summed E-state index contributed by atoms with van der Waals surface area (Å²) in [5.41, 5.74) is 0.954. The van der Waals surface area contributed by atoms with Gasteiger partial charge in [-0.1, -0.05) is 36.1 Å². The van der Waals surface area contributed by atoms with Crippen molar-refractivity contribution in [3.05, 3.63) is 42.0 Å². The lowest BCUT2D eigenvalue weighted by Gasteiger charge is -2.02. The summed E-state index contributed by atoms with van der Waals surface area (Å²) in [6.45, 7) is 0. The van der Waals surface area contributed by atoms with Crippen LogP contribution in [-0.2, 0) is 0 Å². The average molecular weight is 228 g/mol. The van der Waals surface area contributed by atoms with E-state index < -0.39 is 0 Å². The molecule has 0 aromatic heterocycles. The third-order valence-corrected chi connectivity index (χ3v) is 2.58. The van der Waals surface area contributed by atoms with Crippen molar-refractivity contribution in [2.45, 2.75) is 6.42 Å². The van der Waals surface area contributed by atoms with Crippen molar-refractivity contribution in [1.29, 1.82) is 0 Å². The van der Waals surface area contributed by atoms with E-state index in [-0.39, 0.29) is 0 Å².